The van der Waals surface area contributed by atoms with Gasteiger partial charge < -0.3 is 9.88 Å². The molecule has 1 heterocycles. The first-order valence-corrected chi connectivity index (χ1v) is 5.91. The van der Waals surface area contributed by atoms with Crippen molar-refractivity contribution in [2.24, 2.45) is 5.92 Å². The Hall–Kier alpha value is -0.990. The van der Waals surface area contributed by atoms with Gasteiger partial charge in [-0.25, -0.2) is 4.98 Å². The van der Waals surface area contributed by atoms with Crippen LogP contribution in [0, 0.1) is 12.8 Å². The fourth-order valence-electron chi connectivity index (χ4n) is 1.64. The van der Waals surface area contributed by atoms with E-state index in [-0.39, 0.29) is 0 Å². The van der Waals surface area contributed by atoms with Crippen molar-refractivity contribution in [1.82, 2.24) is 9.55 Å². The molecular formula is C12H23N3. The van der Waals surface area contributed by atoms with Gasteiger partial charge in [0.2, 0.25) is 5.95 Å². The van der Waals surface area contributed by atoms with Crippen LogP contribution in [0.2, 0.25) is 0 Å². The van der Waals surface area contributed by atoms with E-state index in [1.54, 1.807) is 0 Å². The Bertz CT molecular complexity index is 289. The highest BCUT2D eigenvalue weighted by Crippen LogP contribution is 2.09. The molecule has 0 aliphatic heterocycles. The van der Waals surface area contributed by atoms with Crippen molar-refractivity contribution >= 4 is 5.95 Å². The highest BCUT2D eigenvalue weighted by atomic mass is 15.2. The highest BCUT2D eigenvalue weighted by molar-refractivity contribution is 5.28. The molecule has 1 N–H and O–H groups in total. The summed E-state index contributed by atoms with van der Waals surface area (Å²) in [5.41, 5.74) is 1.09. The van der Waals surface area contributed by atoms with Crippen molar-refractivity contribution in [2.45, 2.75) is 47.1 Å². The Morgan fingerprint density at radius 2 is 2.20 bits per heavy atom. The minimum absolute atomic E-state index is 0.791. The molecule has 1 aromatic rings. The molecule has 3 nitrogen and oxygen atoms in total. The number of hydrogen-bond donors (Lipinski definition) is 1. The summed E-state index contributed by atoms with van der Waals surface area (Å²) in [5, 5.41) is 3.39. The van der Waals surface area contributed by atoms with Gasteiger partial charge in [-0.1, -0.05) is 13.8 Å². The second-order valence-corrected chi connectivity index (χ2v) is 4.45. The molecule has 0 aromatic carbocycles. The van der Waals surface area contributed by atoms with Crippen molar-refractivity contribution in [1.29, 1.82) is 0 Å². The molecule has 0 unspecified atom stereocenters. The van der Waals surface area contributed by atoms with E-state index in [0.717, 1.165) is 30.6 Å². The third-order valence-electron chi connectivity index (χ3n) is 2.48. The predicted molar refractivity (Wildman–Crippen MR) is 65.2 cm³/mol. The third kappa shape index (κ3) is 3.94. The molecule has 0 radical (unpaired) electrons. The molecule has 0 bridgehead atoms. The lowest BCUT2D eigenvalue weighted by atomic mass is 10.1. The second kappa shape index (κ2) is 5.79. The standard InChI is InChI=1S/C12H23N3/c1-5-15-9-11(4)14-12(15)13-8-6-7-10(2)3/h9-10H,5-8H2,1-4H3,(H,13,14). The maximum Gasteiger partial charge on any atom is 0.203 e. The molecule has 0 spiro atoms. The normalized spacial score (nSPS) is 11.0. The van der Waals surface area contributed by atoms with E-state index < -0.39 is 0 Å². The summed E-state index contributed by atoms with van der Waals surface area (Å²) in [5.74, 6) is 1.80. The van der Waals surface area contributed by atoms with Crippen LogP contribution < -0.4 is 5.32 Å². The zero-order valence-electron chi connectivity index (χ0n) is 10.4. The van der Waals surface area contributed by atoms with Gasteiger partial charge in [0.1, 0.15) is 0 Å². The summed E-state index contributed by atoms with van der Waals surface area (Å²) in [7, 11) is 0. The van der Waals surface area contributed by atoms with Crippen LogP contribution in [0.25, 0.3) is 0 Å². The monoisotopic (exact) mass is 209 g/mol. The Balaban J connectivity index is 2.36. The van der Waals surface area contributed by atoms with E-state index in [1.165, 1.54) is 12.8 Å². The zero-order valence-corrected chi connectivity index (χ0v) is 10.4. The van der Waals surface area contributed by atoms with Crippen LogP contribution in [-0.2, 0) is 6.54 Å². The molecule has 0 fully saturated rings. The molecule has 3 heteroatoms. The summed E-state index contributed by atoms with van der Waals surface area (Å²) >= 11 is 0. The van der Waals surface area contributed by atoms with Crippen molar-refractivity contribution in [3.63, 3.8) is 0 Å². The first-order chi connectivity index (χ1) is 7.13. The molecule has 1 rings (SSSR count). The number of aryl methyl sites for hydroxylation is 2. The minimum Gasteiger partial charge on any atom is -0.356 e. The first-order valence-electron chi connectivity index (χ1n) is 5.91. The number of rotatable bonds is 6. The van der Waals surface area contributed by atoms with Crippen LogP contribution in [0.1, 0.15) is 39.3 Å². The fraction of sp³-hybridized carbons (Fsp3) is 0.750. The number of hydrogen-bond acceptors (Lipinski definition) is 2. The molecule has 0 saturated carbocycles. The third-order valence-corrected chi connectivity index (χ3v) is 2.48. The van der Waals surface area contributed by atoms with Crippen molar-refractivity contribution in [2.75, 3.05) is 11.9 Å². The number of nitrogens with one attached hydrogen (secondary N) is 1. The largest absolute Gasteiger partial charge is 0.356 e. The van der Waals surface area contributed by atoms with Crippen LogP contribution in [0.3, 0.4) is 0 Å². The quantitative estimate of drug-likeness (QED) is 0.730. The number of imidazole rings is 1. The lowest BCUT2D eigenvalue weighted by Crippen LogP contribution is -2.08. The number of aromatic nitrogens is 2. The van der Waals surface area contributed by atoms with Gasteiger partial charge in [0.15, 0.2) is 0 Å². The van der Waals surface area contributed by atoms with Crippen LogP contribution in [0.15, 0.2) is 6.20 Å². The molecule has 0 saturated heterocycles. The van der Waals surface area contributed by atoms with Gasteiger partial charge in [0.05, 0.1) is 5.69 Å². The molecule has 0 atom stereocenters. The van der Waals surface area contributed by atoms with E-state index in [9.17, 15) is 0 Å². The molecule has 1 aromatic heterocycles. The summed E-state index contributed by atoms with van der Waals surface area (Å²) in [6.45, 7) is 10.7. The van der Waals surface area contributed by atoms with E-state index in [2.05, 4.69) is 41.8 Å². The summed E-state index contributed by atoms with van der Waals surface area (Å²) in [4.78, 5) is 4.45. The number of nitrogens with zero attached hydrogens (tertiary/aromatic N) is 2. The van der Waals surface area contributed by atoms with E-state index in [1.807, 2.05) is 6.92 Å². The van der Waals surface area contributed by atoms with Gasteiger partial charge in [-0.05, 0) is 32.6 Å². The summed E-state index contributed by atoms with van der Waals surface area (Å²) in [6, 6.07) is 0. The molecule has 0 amide bonds. The van der Waals surface area contributed by atoms with Gasteiger partial charge in [-0.2, -0.15) is 0 Å². The van der Waals surface area contributed by atoms with E-state index in [4.69, 9.17) is 0 Å². The van der Waals surface area contributed by atoms with Gasteiger partial charge in [0.25, 0.3) is 0 Å². The second-order valence-electron chi connectivity index (χ2n) is 4.45. The van der Waals surface area contributed by atoms with E-state index in [0.29, 0.717) is 0 Å². The molecule has 86 valence electrons. The molecule has 15 heavy (non-hydrogen) atoms. The summed E-state index contributed by atoms with van der Waals surface area (Å²) < 4.78 is 2.16. The lowest BCUT2D eigenvalue weighted by molar-refractivity contribution is 0.565. The average Bonchev–Trinajstić information content (AvgIpc) is 2.53. The highest BCUT2D eigenvalue weighted by Gasteiger charge is 2.02. The fourth-order valence-corrected chi connectivity index (χ4v) is 1.64. The maximum atomic E-state index is 4.45. The molecule has 0 aliphatic carbocycles. The van der Waals surface area contributed by atoms with Gasteiger partial charge in [-0.15, -0.1) is 0 Å². The molecular weight excluding hydrogens is 186 g/mol. The van der Waals surface area contributed by atoms with Crippen LogP contribution in [0.4, 0.5) is 5.95 Å². The lowest BCUT2D eigenvalue weighted by Gasteiger charge is -2.08. The van der Waals surface area contributed by atoms with Crippen molar-refractivity contribution in [3.05, 3.63) is 11.9 Å². The van der Waals surface area contributed by atoms with Crippen LogP contribution in [0.5, 0.6) is 0 Å². The molecule has 0 aliphatic rings. The predicted octanol–water partition coefficient (Wildman–Crippen LogP) is 3.06. The van der Waals surface area contributed by atoms with Gasteiger partial charge >= 0.3 is 0 Å². The Labute approximate surface area is 92.9 Å². The van der Waals surface area contributed by atoms with Crippen LogP contribution >= 0.6 is 0 Å². The topological polar surface area (TPSA) is 29.9 Å². The smallest absolute Gasteiger partial charge is 0.203 e. The minimum atomic E-state index is 0.791. The van der Waals surface area contributed by atoms with Crippen molar-refractivity contribution in [3.8, 4) is 0 Å². The Morgan fingerprint density at radius 1 is 1.47 bits per heavy atom. The first kappa shape index (κ1) is 12.1. The average molecular weight is 209 g/mol. The van der Waals surface area contributed by atoms with Crippen molar-refractivity contribution < 1.29 is 0 Å². The van der Waals surface area contributed by atoms with E-state index >= 15 is 0 Å². The number of anilines is 1. The Morgan fingerprint density at radius 3 is 2.80 bits per heavy atom. The van der Waals surface area contributed by atoms with Crippen LogP contribution in [-0.4, -0.2) is 16.1 Å². The summed E-state index contributed by atoms with van der Waals surface area (Å²) in [6.07, 6.45) is 4.58. The van der Waals surface area contributed by atoms with Gasteiger partial charge in [-0.3, -0.25) is 0 Å². The van der Waals surface area contributed by atoms with Gasteiger partial charge in [0, 0.05) is 19.3 Å². The maximum absolute atomic E-state index is 4.45. The SMILES string of the molecule is CCn1cc(C)nc1NCCCC(C)C. The zero-order chi connectivity index (χ0) is 11.3. The Kier molecular flexibility index (Phi) is 4.66.